The van der Waals surface area contributed by atoms with Crippen LogP contribution < -0.4 is 14.8 Å². The Morgan fingerprint density at radius 2 is 1.73 bits per heavy atom. The van der Waals surface area contributed by atoms with Crippen LogP contribution in [0.15, 0.2) is 41.3 Å². The molecule has 8 heteroatoms. The van der Waals surface area contributed by atoms with Crippen molar-refractivity contribution in [2.45, 2.75) is 24.0 Å². The second kappa shape index (κ2) is 8.57. The maximum absolute atomic E-state index is 12.5. The molecule has 0 saturated carbocycles. The lowest BCUT2D eigenvalue weighted by molar-refractivity contribution is -0.384. The molecule has 1 amide bonds. The number of ether oxygens (including phenoxy) is 2. The number of amides is 1. The van der Waals surface area contributed by atoms with Gasteiger partial charge in [-0.05, 0) is 37.6 Å². The number of nitrogens with one attached hydrogen (secondary N) is 1. The van der Waals surface area contributed by atoms with Crippen molar-refractivity contribution < 1.29 is 19.2 Å². The molecule has 0 aromatic heterocycles. The predicted octanol–water partition coefficient (Wildman–Crippen LogP) is 4.04. The molecule has 0 saturated heterocycles. The van der Waals surface area contributed by atoms with Gasteiger partial charge in [0.15, 0.2) is 11.5 Å². The second-order valence-corrected chi connectivity index (χ2v) is 6.94. The zero-order valence-corrected chi connectivity index (χ0v) is 15.8. The van der Waals surface area contributed by atoms with E-state index in [2.05, 4.69) is 5.32 Å². The lowest BCUT2D eigenvalue weighted by Gasteiger charge is -2.16. The van der Waals surface area contributed by atoms with E-state index in [1.807, 2.05) is 6.92 Å². The van der Waals surface area contributed by atoms with Crippen molar-refractivity contribution in [3.05, 3.63) is 52.1 Å². The molecule has 0 bridgehead atoms. The van der Waals surface area contributed by atoms with Crippen LogP contribution in [0.1, 0.15) is 12.5 Å². The van der Waals surface area contributed by atoms with Gasteiger partial charge in [-0.25, -0.2) is 0 Å². The van der Waals surface area contributed by atoms with Gasteiger partial charge in [0.05, 0.1) is 24.4 Å². The topological polar surface area (TPSA) is 90.7 Å². The maximum atomic E-state index is 12.5. The predicted molar refractivity (Wildman–Crippen MR) is 101 cm³/mol. The van der Waals surface area contributed by atoms with Crippen LogP contribution >= 0.6 is 11.8 Å². The highest BCUT2D eigenvalue weighted by atomic mass is 32.2. The highest BCUT2D eigenvalue weighted by Gasteiger charge is 2.17. The Morgan fingerprint density at radius 1 is 1.15 bits per heavy atom. The van der Waals surface area contributed by atoms with Crippen molar-refractivity contribution in [3.8, 4) is 11.5 Å². The van der Waals surface area contributed by atoms with Crippen LogP contribution in [0.4, 0.5) is 11.4 Å². The maximum Gasteiger partial charge on any atom is 0.269 e. The summed E-state index contributed by atoms with van der Waals surface area (Å²) in [5, 5.41) is 13.2. The van der Waals surface area contributed by atoms with Gasteiger partial charge in [0.25, 0.3) is 5.69 Å². The van der Waals surface area contributed by atoms with Gasteiger partial charge in [-0.2, -0.15) is 0 Å². The molecule has 0 unspecified atom stereocenters. The number of hydrogen-bond acceptors (Lipinski definition) is 6. The van der Waals surface area contributed by atoms with Gasteiger partial charge >= 0.3 is 0 Å². The summed E-state index contributed by atoms with van der Waals surface area (Å²) < 4.78 is 10.5. The molecule has 2 aromatic carbocycles. The minimum absolute atomic E-state index is 0.0207. The SMILES string of the molecule is COc1cc(C)c(NC(=O)[C@@H](C)Sc2ccc([N+](=O)[O-])cc2)cc1OC. The van der Waals surface area contributed by atoms with Gasteiger partial charge in [-0.1, -0.05) is 0 Å². The van der Waals surface area contributed by atoms with Crippen molar-refractivity contribution >= 4 is 29.0 Å². The van der Waals surface area contributed by atoms with Crippen molar-refractivity contribution in [3.63, 3.8) is 0 Å². The number of carbonyl (C=O) groups is 1. The van der Waals surface area contributed by atoms with Crippen molar-refractivity contribution in [1.82, 2.24) is 0 Å². The third-order valence-corrected chi connectivity index (χ3v) is 4.83. The fourth-order valence-electron chi connectivity index (χ4n) is 2.25. The number of aryl methyl sites for hydroxylation is 1. The lowest BCUT2D eigenvalue weighted by atomic mass is 10.1. The summed E-state index contributed by atoms with van der Waals surface area (Å²) in [7, 11) is 3.09. The molecule has 0 heterocycles. The van der Waals surface area contributed by atoms with Gasteiger partial charge in [0.1, 0.15) is 0 Å². The molecular weight excluding hydrogens is 356 g/mol. The van der Waals surface area contributed by atoms with E-state index in [1.54, 1.807) is 38.3 Å². The largest absolute Gasteiger partial charge is 0.493 e. The van der Waals surface area contributed by atoms with Gasteiger partial charge in [0, 0.05) is 28.8 Å². The summed E-state index contributed by atoms with van der Waals surface area (Å²) in [4.78, 5) is 23.5. The molecule has 0 radical (unpaired) electrons. The fraction of sp³-hybridized carbons (Fsp3) is 0.278. The minimum atomic E-state index is -0.454. The number of nitro groups is 1. The summed E-state index contributed by atoms with van der Waals surface area (Å²) in [5.74, 6) is 0.948. The molecule has 0 aliphatic carbocycles. The van der Waals surface area contributed by atoms with E-state index in [-0.39, 0.29) is 16.8 Å². The molecule has 0 fully saturated rings. The van der Waals surface area contributed by atoms with Crippen LogP contribution in [-0.2, 0) is 4.79 Å². The van der Waals surface area contributed by atoms with Crippen LogP contribution in [0.5, 0.6) is 11.5 Å². The molecule has 0 aliphatic rings. The van der Waals surface area contributed by atoms with Crippen LogP contribution in [0, 0.1) is 17.0 Å². The second-order valence-electron chi connectivity index (χ2n) is 5.52. The van der Waals surface area contributed by atoms with Gasteiger partial charge in [-0.15, -0.1) is 11.8 Å². The van der Waals surface area contributed by atoms with E-state index in [0.717, 1.165) is 10.5 Å². The first-order chi connectivity index (χ1) is 12.3. The Hall–Kier alpha value is -2.74. The first kappa shape index (κ1) is 19.6. The van der Waals surface area contributed by atoms with Crippen LogP contribution in [0.2, 0.25) is 0 Å². The van der Waals surface area contributed by atoms with Crippen LogP contribution in [-0.4, -0.2) is 30.3 Å². The Labute approximate surface area is 155 Å². The Balaban J connectivity index is 2.08. The molecule has 0 spiro atoms. The standard InChI is InChI=1S/C18H20N2O5S/c1-11-9-16(24-3)17(25-4)10-15(11)19-18(21)12(2)26-14-7-5-13(6-8-14)20(22)23/h5-10,12H,1-4H3,(H,19,21)/t12-/m1/s1. The van der Waals surface area contributed by atoms with E-state index in [0.29, 0.717) is 17.2 Å². The molecule has 26 heavy (non-hydrogen) atoms. The Bertz CT molecular complexity index is 808. The average molecular weight is 376 g/mol. The third-order valence-electron chi connectivity index (χ3n) is 3.72. The van der Waals surface area contributed by atoms with Gasteiger partial charge in [-0.3, -0.25) is 14.9 Å². The summed E-state index contributed by atoms with van der Waals surface area (Å²) >= 11 is 1.32. The number of non-ortho nitro benzene ring substituents is 1. The summed E-state index contributed by atoms with van der Waals surface area (Å²) in [6.07, 6.45) is 0. The molecule has 2 rings (SSSR count). The van der Waals surface area contributed by atoms with E-state index in [9.17, 15) is 14.9 Å². The molecule has 0 aliphatic heterocycles. The van der Waals surface area contributed by atoms with E-state index >= 15 is 0 Å². The number of nitro benzene ring substituents is 1. The first-order valence-corrected chi connectivity index (χ1v) is 8.68. The number of nitrogens with zero attached hydrogens (tertiary/aromatic N) is 1. The molecule has 138 valence electrons. The fourth-order valence-corrected chi connectivity index (χ4v) is 3.12. The van der Waals surface area contributed by atoms with E-state index < -0.39 is 4.92 Å². The van der Waals surface area contributed by atoms with Crippen molar-refractivity contribution in [1.29, 1.82) is 0 Å². The zero-order valence-electron chi connectivity index (χ0n) is 14.9. The zero-order chi connectivity index (χ0) is 19.3. The lowest BCUT2D eigenvalue weighted by Crippen LogP contribution is -2.22. The van der Waals surface area contributed by atoms with Crippen LogP contribution in [0.3, 0.4) is 0 Å². The summed E-state index contributed by atoms with van der Waals surface area (Å²) in [6, 6.07) is 9.62. The molecule has 7 nitrogen and oxygen atoms in total. The summed E-state index contributed by atoms with van der Waals surface area (Å²) in [6.45, 7) is 3.64. The van der Waals surface area contributed by atoms with Crippen molar-refractivity contribution in [2.75, 3.05) is 19.5 Å². The van der Waals surface area contributed by atoms with E-state index in [1.165, 1.54) is 31.0 Å². The number of anilines is 1. The number of rotatable bonds is 7. The Kier molecular flexibility index (Phi) is 6.46. The van der Waals surface area contributed by atoms with E-state index in [4.69, 9.17) is 9.47 Å². The van der Waals surface area contributed by atoms with Gasteiger partial charge in [0.2, 0.25) is 5.91 Å². The van der Waals surface area contributed by atoms with Crippen molar-refractivity contribution in [2.24, 2.45) is 0 Å². The number of carbonyl (C=O) groups excluding carboxylic acids is 1. The van der Waals surface area contributed by atoms with Crippen LogP contribution in [0.25, 0.3) is 0 Å². The minimum Gasteiger partial charge on any atom is -0.493 e. The first-order valence-electron chi connectivity index (χ1n) is 7.80. The number of benzene rings is 2. The molecule has 2 aromatic rings. The number of thioether (sulfide) groups is 1. The molecule has 1 atom stereocenters. The quantitative estimate of drug-likeness (QED) is 0.445. The number of methoxy groups -OCH3 is 2. The smallest absolute Gasteiger partial charge is 0.269 e. The van der Waals surface area contributed by atoms with Gasteiger partial charge < -0.3 is 14.8 Å². The third kappa shape index (κ3) is 4.66. The highest BCUT2D eigenvalue weighted by Crippen LogP contribution is 2.33. The average Bonchev–Trinajstić information content (AvgIpc) is 2.63. The monoisotopic (exact) mass is 376 g/mol. The number of hydrogen-bond donors (Lipinski definition) is 1. The molecule has 1 N–H and O–H groups in total. The molecular formula is C18H20N2O5S. The highest BCUT2D eigenvalue weighted by molar-refractivity contribution is 8.00. The normalized spacial score (nSPS) is 11.5. The Morgan fingerprint density at radius 3 is 2.27 bits per heavy atom. The summed E-state index contributed by atoms with van der Waals surface area (Å²) in [5.41, 5.74) is 1.51.